The predicted octanol–water partition coefficient (Wildman–Crippen LogP) is 3.34. The van der Waals surface area contributed by atoms with E-state index in [1.807, 2.05) is 18.2 Å². The lowest BCUT2D eigenvalue weighted by Gasteiger charge is -2.11. The summed E-state index contributed by atoms with van der Waals surface area (Å²) in [6.07, 6.45) is 2.49. The summed E-state index contributed by atoms with van der Waals surface area (Å²) in [5.74, 6) is -0.288. The van der Waals surface area contributed by atoms with E-state index in [0.717, 1.165) is 25.9 Å². The quantitative estimate of drug-likeness (QED) is 0.464. The number of hydrogen-bond donors (Lipinski definition) is 0. The van der Waals surface area contributed by atoms with Gasteiger partial charge in [0.05, 0.1) is 13.2 Å². The van der Waals surface area contributed by atoms with Crippen LogP contribution in [0, 0.1) is 0 Å². The average molecular weight is 294 g/mol. The van der Waals surface area contributed by atoms with E-state index in [2.05, 4.69) is 12.1 Å². The van der Waals surface area contributed by atoms with Crippen LogP contribution in [-0.4, -0.2) is 31.9 Å². The topological polar surface area (TPSA) is 44.8 Å². The second-order valence-corrected chi connectivity index (χ2v) is 4.86. The van der Waals surface area contributed by atoms with Crippen molar-refractivity contribution < 1.29 is 19.0 Å². The zero-order chi connectivity index (χ0) is 15.3. The van der Waals surface area contributed by atoms with Crippen molar-refractivity contribution in [1.29, 1.82) is 0 Å². The van der Waals surface area contributed by atoms with Crippen molar-refractivity contribution in [3.63, 3.8) is 0 Å². The van der Waals surface area contributed by atoms with Crippen LogP contribution in [0.25, 0.3) is 0 Å². The Morgan fingerprint density at radius 3 is 2.52 bits per heavy atom. The molecular weight excluding hydrogens is 268 g/mol. The van der Waals surface area contributed by atoms with Gasteiger partial charge in [0.1, 0.15) is 0 Å². The predicted molar refractivity (Wildman–Crippen MR) is 82.0 cm³/mol. The Bertz CT molecular complexity index is 378. The molecule has 0 bridgehead atoms. The summed E-state index contributed by atoms with van der Waals surface area (Å²) in [7, 11) is 0. The van der Waals surface area contributed by atoms with Crippen LogP contribution in [0.5, 0.6) is 0 Å². The molecule has 21 heavy (non-hydrogen) atoms. The number of esters is 1. The van der Waals surface area contributed by atoms with E-state index < -0.39 is 6.10 Å². The summed E-state index contributed by atoms with van der Waals surface area (Å²) in [5.41, 5.74) is 1.20. The summed E-state index contributed by atoms with van der Waals surface area (Å²) in [5, 5.41) is 0. The molecule has 0 aliphatic rings. The third kappa shape index (κ3) is 8.48. The zero-order valence-electron chi connectivity index (χ0n) is 13.0. The van der Waals surface area contributed by atoms with Crippen LogP contribution in [0.1, 0.15) is 38.7 Å². The van der Waals surface area contributed by atoms with E-state index >= 15 is 0 Å². The van der Waals surface area contributed by atoms with Crippen molar-refractivity contribution >= 4 is 5.97 Å². The lowest BCUT2D eigenvalue weighted by Crippen LogP contribution is -2.23. The van der Waals surface area contributed by atoms with Crippen molar-refractivity contribution in [3.05, 3.63) is 35.9 Å². The fraction of sp³-hybridized carbons (Fsp3) is 0.588. The molecule has 118 valence electrons. The molecule has 0 spiro atoms. The maximum absolute atomic E-state index is 11.3. The molecule has 0 radical (unpaired) electrons. The molecule has 0 aliphatic carbocycles. The van der Waals surface area contributed by atoms with Gasteiger partial charge in [-0.15, -0.1) is 0 Å². The Balaban J connectivity index is 1.92. The number of rotatable bonds is 11. The smallest absolute Gasteiger partial charge is 0.334 e. The van der Waals surface area contributed by atoms with E-state index in [-0.39, 0.29) is 5.97 Å². The molecule has 1 aromatic carbocycles. The minimum absolute atomic E-state index is 0.288. The van der Waals surface area contributed by atoms with Gasteiger partial charge in [0.2, 0.25) is 0 Å². The van der Waals surface area contributed by atoms with E-state index in [9.17, 15) is 4.79 Å². The van der Waals surface area contributed by atoms with E-state index in [1.165, 1.54) is 5.56 Å². The fourth-order valence-corrected chi connectivity index (χ4v) is 1.83. The Morgan fingerprint density at radius 1 is 1.10 bits per heavy atom. The Kier molecular flexibility index (Phi) is 9.49. The number of ether oxygens (including phenoxy) is 3. The van der Waals surface area contributed by atoms with Gasteiger partial charge in [-0.3, -0.25) is 0 Å². The van der Waals surface area contributed by atoms with Gasteiger partial charge in [-0.1, -0.05) is 30.3 Å². The summed E-state index contributed by atoms with van der Waals surface area (Å²) in [6.45, 7) is 5.91. The molecule has 1 aromatic rings. The second kappa shape index (κ2) is 11.3. The third-order valence-corrected chi connectivity index (χ3v) is 3.03. The summed E-state index contributed by atoms with van der Waals surface area (Å²) in [4.78, 5) is 11.3. The van der Waals surface area contributed by atoms with Gasteiger partial charge < -0.3 is 14.2 Å². The molecule has 0 saturated heterocycles. The highest BCUT2D eigenvalue weighted by atomic mass is 16.6. The van der Waals surface area contributed by atoms with Crippen molar-refractivity contribution in [2.45, 2.75) is 45.8 Å². The molecular formula is C17H26O4. The summed E-state index contributed by atoms with van der Waals surface area (Å²) >= 11 is 0. The van der Waals surface area contributed by atoms with Gasteiger partial charge in [-0.05, 0) is 38.7 Å². The van der Waals surface area contributed by atoms with Crippen molar-refractivity contribution in [2.75, 3.05) is 19.8 Å². The van der Waals surface area contributed by atoms with Crippen LogP contribution in [0.15, 0.2) is 30.3 Å². The maximum atomic E-state index is 11.3. The van der Waals surface area contributed by atoms with Crippen LogP contribution >= 0.6 is 0 Å². The number of unbranched alkanes of at least 4 members (excludes halogenated alkanes) is 2. The summed E-state index contributed by atoms with van der Waals surface area (Å²) in [6, 6.07) is 10.2. The Labute approximate surface area is 127 Å². The van der Waals surface area contributed by atoms with Gasteiger partial charge >= 0.3 is 5.97 Å². The highest BCUT2D eigenvalue weighted by Crippen LogP contribution is 2.04. The first-order valence-corrected chi connectivity index (χ1v) is 7.64. The van der Waals surface area contributed by atoms with E-state index in [4.69, 9.17) is 14.2 Å². The first-order chi connectivity index (χ1) is 10.2. The van der Waals surface area contributed by atoms with Crippen molar-refractivity contribution in [1.82, 2.24) is 0 Å². The molecule has 1 atom stereocenters. The van der Waals surface area contributed by atoms with Crippen molar-refractivity contribution in [2.24, 2.45) is 0 Å². The minimum atomic E-state index is -0.473. The fourth-order valence-electron chi connectivity index (χ4n) is 1.83. The van der Waals surface area contributed by atoms with Gasteiger partial charge in [0, 0.05) is 13.2 Å². The highest BCUT2D eigenvalue weighted by Gasteiger charge is 2.13. The van der Waals surface area contributed by atoms with Gasteiger partial charge in [0.25, 0.3) is 0 Å². The largest absolute Gasteiger partial charge is 0.464 e. The van der Waals surface area contributed by atoms with Gasteiger partial charge in [-0.2, -0.15) is 0 Å². The highest BCUT2D eigenvalue weighted by molar-refractivity contribution is 5.74. The molecule has 0 N–H and O–H groups in total. The average Bonchev–Trinajstić information content (AvgIpc) is 2.51. The first-order valence-electron chi connectivity index (χ1n) is 7.64. The summed E-state index contributed by atoms with van der Waals surface area (Å²) < 4.78 is 15.9. The van der Waals surface area contributed by atoms with E-state index in [0.29, 0.717) is 19.8 Å². The molecule has 4 heteroatoms. The van der Waals surface area contributed by atoms with Crippen LogP contribution in [0.2, 0.25) is 0 Å². The number of carbonyl (C=O) groups is 1. The molecule has 0 aromatic heterocycles. The third-order valence-electron chi connectivity index (χ3n) is 3.03. The van der Waals surface area contributed by atoms with Crippen LogP contribution < -0.4 is 0 Å². The van der Waals surface area contributed by atoms with Crippen LogP contribution in [0.4, 0.5) is 0 Å². The molecule has 0 amide bonds. The van der Waals surface area contributed by atoms with Gasteiger partial charge in [-0.25, -0.2) is 4.79 Å². The van der Waals surface area contributed by atoms with Gasteiger partial charge in [0.15, 0.2) is 6.10 Å². The standard InChI is InChI=1S/C17H26O4/c1-3-20-17(18)15(2)21-13-9-5-8-12-19-14-16-10-6-4-7-11-16/h4,6-7,10-11,15H,3,5,8-9,12-14H2,1-2H3/t15-/m0/s1. The Morgan fingerprint density at radius 2 is 1.81 bits per heavy atom. The zero-order valence-corrected chi connectivity index (χ0v) is 13.0. The van der Waals surface area contributed by atoms with Crippen LogP contribution in [0.3, 0.4) is 0 Å². The Hall–Kier alpha value is -1.39. The van der Waals surface area contributed by atoms with Crippen molar-refractivity contribution in [3.8, 4) is 0 Å². The number of benzene rings is 1. The normalized spacial score (nSPS) is 12.1. The van der Waals surface area contributed by atoms with E-state index in [1.54, 1.807) is 13.8 Å². The molecule has 0 aliphatic heterocycles. The van der Waals surface area contributed by atoms with Crippen LogP contribution in [-0.2, 0) is 25.6 Å². The molecule has 0 saturated carbocycles. The first kappa shape index (κ1) is 17.7. The second-order valence-electron chi connectivity index (χ2n) is 4.86. The molecule has 0 heterocycles. The number of hydrogen-bond acceptors (Lipinski definition) is 4. The molecule has 4 nitrogen and oxygen atoms in total. The molecule has 0 unspecified atom stereocenters. The lowest BCUT2D eigenvalue weighted by molar-refractivity contribution is -0.155. The minimum Gasteiger partial charge on any atom is -0.464 e. The SMILES string of the molecule is CCOC(=O)[C@H](C)OCCCCCOCc1ccccc1. The molecule has 0 fully saturated rings. The monoisotopic (exact) mass is 294 g/mol. The lowest BCUT2D eigenvalue weighted by atomic mass is 10.2. The molecule has 1 rings (SSSR count). The number of carbonyl (C=O) groups excluding carboxylic acids is 1. The maximum Gasteiger partial charge on any atom is 0.334 e.